The van der Waals surface area contributed by atoms with E-state index in [1.54, 1.807) is 37.7 Å². The number of methoxy groups -OCH3 is 1. The fraction of sp³-hybridized carbons (Fsp3) is 0.143. The molecule has 0 aliphatic heterocycles. The molecule has 1 heterocycles. The normalized spacial score (nSPS) is 10.1. The maximum atomic E-state index is 7.41. The average molecular weight is 336 g/mol. The first-order valence-electron chi connectivity index (χ1n) is 5.85. The van der Waals surface area contributed by atoms with E-state index in [0.717, 1.165) is 10.0 Å². The maximum absolute atomic E-state index is 7.41. The standard InChI is InChI=1S/C14H14BrN3O2/c1-19-13-5-10(14(16)17)2-3-12(13)20-8-9-4-11(15)7-18-6-9/h2-7H,8H2,1H3,(H3,16,17). The van der Waals surface area contributed by atoms with Crippen LogP contribution in [0.15, 0.2) is 41.1 Å². The molecular formula is C14H14BrN3O2. The zero-order chi connectivity index (χ0) is 14.5. The van der Waals surface area contributed by atoms with Crippen LogP contribution in [0.2, 0.25) is 0 Å². The number of nitrogens with zero attached hydrogens (tertiary/aromatic N) is 1. The Labute approximate surface area is 125 Å². The van der Waals surface area contributed by atoms with Crippen molar-refractivity contribution in [2.24, 2.45) is 5.73 Å². The van der Waals surface area contributed by atoms with Crippen LogP contribution in [0.3, 0.4) is 0 Å². The van der Waals surface area contributed by atoms with Crippen LogP contribution in [0.1, 0.15) is 11.1 Å². The van der Waals surface area contributed by atoms with Gasteiger partial charge in [0.1, 0.15) is 12.4 Å². The lowest BCUT2D eigenvalue weighted by Gasteiger charge is -2.12. The quantitative estimate of drug-likeness (QED) is 0.650. The van der Waals surface area contributed by atoms with Crippen LogP contribution in [-0.2, 0) is 6.61 Å². The number of rotatable bonds is 5. The van der Waals surface area contributed by atoms with Crippen molar-refractivity contribution in [1.29, 1.82) is 5.41 Å². The van der Waals surface area contributed by atoms with Crippen LogP contribution < -0.4 is 15.2 Å². The second kappa shape index (κ2) is 6.38. The molecule has 1 aromatic heterocycles. The Balaban J connectivity index is 2.15. The van der Waals surface area contributed by atoms with E-state index < -0.39 is 0 Å². The van der Waals surface area contributed by atoms with Crippen LogP contribution in [0, 0.1) is 5.41 Å². The van der Waals surface area contributed by atoms with Gasteiger partial charge in [0.15, 0.2) is 11.5 Å². The highest BCUT2D eigenvalue weighted by molar-refractivity contribution is 9.10. The molecule has 0 spiro atoms. The molecule has 20 heavy (non-hydrogen) atoms. The monoisotopic (exact) mass is 335 g/mol. The molecule has 0 unspecified atom stereocenters. The first-order chi connectivity index (χ1) is 9.60. The van der Waals surface area contributed by atoms with Gasteiger partial charge >= 0.3 is 0 Å². The Morgan fingerprint density at radius 2 is 2.10 bits per heavy atom. The van der Waals surface area contributed by atoms with Crippen LogP contribution in [-0.4, -0.2) is 17.9 Å². The van der Waals surface area contributed by atoms with E-state index in [2.05, 4.69) is 20.9 Å². The minimum Gasteiger partial charge on any atom is -0.493 e. The van der Waals surface area contributed by atoms with E-state index in [1.165, 1.54) is 0 Å². The Kier molecular flexibility index (Phi) is 4.57. The molecule has 6 heteroatoms. The summed E-state index contributed by atoms with van der Waals surface area (Å²) in [4.78, 5) is 4.07. The average Bonchev–Trinajstić information content (AvgIpc) is 2.45. The Bertz CT molecular complexity index is 632. The number of pyridine rings is 1. The van der Waals surface area contributed by atoms with Gasteiger partial charge < -0.3 is 15.2 Å². The second-order valence-corrected chi connectivity index (χ2v) is 5.00. The summed E-state index contributed by atoms with van der Waals surface area (Å²) in [6.07, 6.45) is 3.45. The van der Waals surface area contributed by atoms with Crippen LogP contribution in [0.5, 0.6) is 11.5 Å². The molecule has 0 saturated carbocycles. The summed E-state index contributed by atoms with van der Waals surface area (Å²) in [7, 11) is 1.55. The fourth-order valence-electron chi connectivity index (χ4n) is 1.65. The molecule has 2 rings (SSSR count). The maximum Gasteiger partial charge on any atom is 0.161 e. The predicted molar refractivity (Wildman–Crippen MR) is 80.3 cm³/mol. The van der Waals surface area contributed by atoms with Gasteiger partial charge in [0.05, 0.1) is 7.11 Å². The number of hydrogen-bond acceptors (Lipinski definition) is 4. The number of ether oxygens (including phenoxy) is 2. The Hall–Kier alpha value is -2.08. The predicted octanol–water partition coefficient (Wildman–Crippen LogP) is 2.72. The minimum absolute atomic E-state index is 0.00830. The molecule has 0 bridgehead atoms. The molecule has 5 nitrogen and oxygen atoms in total. The number of nitrogens with one attached hydrogen (secondary N) is 1. The lowest BCUT2D eigenvalue weighted by atomic mass is 10.2. The lowest BCUT2D eigenvalue weighted by molar-refractivity contribution is 0.284. The van der Waals surface area contributed by atoms with Crippen molar-refractivity contribution in [3.05, 3.63) is 52.3 Å². The highest BCUT2D eigenvalue weighted by Crippen LogP contribution is 2.28. The van der Waals surface area contributed by atoms with Crippen molar-refractivity contribution in [2.45, 2.75) is 6.61 Å². The molecule has 0 radical (unpaired) electrons. The second-order valence-electron chi connectivity index (χ2n) is 4.08. The molecule has 0 saturated heterocycles. The summed E-state index contributed by atoms with van der Waals surface area (Å²) in [6.45, 7) is 0.377. The Morgan fingerprint density at radius 3 is 2.75 bits per heavy atom. The number of nitrogen functional groups attached to an aromatic ring is 1. The van der Waals surface area contributed by atoms with Gasteiger partial charge in [0.2, 0.25) is 0 Å². The number of amidine groups is 1. The number of benzene rings is 1. The summed E-state index contributed by atoms with van der Waals surface area (Å²) in [5, 5.41) is 7.41. The third kappa shape index (κ3) is 3.48. The SMILES string of the molecule is COc1cc(C(=N)N)ccc1OCc1cncc(Br)c1. The van der Waals surface area contributed by atoms with Gasteiger partial charge in [0.25, 0.3) is 0 Å². The number of halogens is 1. The molecule has 0 aliphatic carbocycles. The lowest BCUT2D eigenvalue weighted by Crippen LogP contribution is -2.11. The third-order valence-corrected chi connectivity index (χ3v) is 3.06. The van der Waals surface area contributed by atoms with Gasteiger partial charge in [-0.2, -0.15) is 0 Å². The summed E-state index contributed by atoms with van der Waals surface area (Å²) < 4.78 is 11.9. The van der Waals surface area contributed by atoms with E-state index in [1.807, 2.05) is 6.07 Å². The van der Waals surface area contributed by atoms with Gasteiger partial charge in [-0.3, -0.25) is 10.4 Å². The van der Waals surface area contributed by atoms with Crippen LogP contribution in [0.25, 0.3) is 0 Å². The van der Waals surface area contributed by atoms with E-state index in [-0.39, 0.29) is 5.84 Å². The molecule has 0 fully saturated rings. The smallest absolute Gasteiger partial charge is 0.161 e. The van der Waals surface area contributed by atoms with Gasteiger partial charge in [0, 0.05) is 28.0 Å². The molecule has 104 valence electrons. The molecule has 0 amide bonds. The molecule has 1 aromatic carbocycles. The molecule has 2 aromatic rings. The van der Waals surface area contributed by atoms with E-state index >= 15 is 0 Å². The molecule has 0 aliphatic rings. The Morgan fingerprint density at radius 1 is 1.30 bits per heavy atom. The fourth-order valence-corrected chi connectivity index (χ4v) is 2.06. The topological polar surface area (TPSA) is 81.2 Å². The van der Waals surface area contributed by atoms with E-state index in [0.29, 0.717) is 23.7 Å². The highest BCUT2D eigenvalue weighted by atomic mass is 79.9. The van der Waals surface area contributed by atoms with Crippen molar-refractivity contribution >= 4 is 21.8 Å². The largest absolute Gasteiger partial charge is 0.493 e. The van der Waals surface area contributed by atoms with Gasteiger partial charge in [-0.15, -0.1) is 0 Å². The first-order valence-corrected chi connectivity index (χ1v) is 6.64. The molecule has 0 atom stereocenters. The highest BCUT2D eigenvalue weighted by Gasteiger charge is 2.08. The summed E-state index contributed by atoms with van der Waals surface area (Å²) in [6, 6.07) is 7.07. The third-order valence-electron chi connectivity index (χ3n) is 2.63. The van der Waals surface area contributed by atoms with Gasteiger partial charge in [-0.25, -0.2) is 0 Å². The van der Waals surface area contributed by atoms with Gasteiger partial charge in [-0.1, -0.05) is 0 Å². The zero-order valence-corrected chi connectivity index (χ0v) is 12.5. The van der Waals surface area contributed by atoms with Crippen molar-refractivity contribution in [3.8, 4) is 11.5 Å². The van der Waals surface area contributed by atoms with Crippen molar-refractivity contribution in [2.75, 3.05) is 7.11 Å². The first kappa shape index (κ1) is 14.3. The molecule has 3 N–H and O–H groups in total. The van der Waals surface area contributed by atoms with Crippen molar-refractivity contribution in [3.63, 3.8) is 0 Å². The van der Waals surface area contributed by atoms with E-state index in [4.69, 9.17) is 20.6 Å². The summed E-state index contributed by atoms with van der Waals surface area (Å²) >= 11 is 3.36. The number of nitrogens with two attached hydrogens (primary N) is 1. The van der Waals surface area contributed by atoms with Crippen molar-refractivity contribution in [1.82, 2.24) is 4.98 Å². The van der Waals surface area contributed by atoms with Gasteiger partial charge in [-0.05, 0) is 40.2 Å². The van der Waals surface area contributed by atoms with Crippen LogP contribution in [0.4, 0.5) is 0 Å². The summed E-state index contributed by atoms with van der Waals surface area (Å²) in [5.74, 6) is 1.13. The number of hydrogen-bond donors (Lipinski definition) is 2. The molecular weight excluding hydrogens is 322 g/mol. The van der Waals surface area contributed by atoms with E-state index in [9.17, 15) is 0 Å². The minimum atomic E-state index is -0.00830. The number of aromatic nitrogens is 1. The van der Waals surface area contributed by atoms with Crippen molar-refractivity contribution < 1.29 is 9.47 Å². The summed E-state index contributed by atoms with van der Waals surface area (Å²) in [5.41, 5.74) is 6.98. The van der Waals surface area contributed by atoms with Crippen LogP contribution >= 0.6 is 15.9 Å². The zero-order valence-electron chi connectivity index (χ0n) is 10.9.